The summed E-state index contributed by atoms with van der Waals surface area (Å²) >= 11 is 0. The van der Waals surface area contributed by atoms with E-state index in [2.05, 4.69) is 13.5 Å². The third-order valence-corrected chi connectivity index (χ3v) is 3.67. The molecule has 0 heterocycles. The SMILES string of the molecule is C=CC(=O)O.CCCCCCCCCCCCCCCC(=O)O.[Cu]. The molecule has 0 aliphatic heterocycles. The summed E-state index contributed by atoms with van der Waals surface area (Å²) in [4.78, 5) is 19.6. The molecule has 0 aliphatic carbocycles. The van der Waals surface area contributed by atoms with Crippen molar-refractivity contribution in [2.24, 2.45) is 0 Å². The molecule has 1 radical (unpaired) electrons. The number of hydrogen-bond acceptors (Lipinski definition) is 2. The Labute approximate surface area is 158 Å². The van der Waals surface area contributed by atoms with Gasteiger partial charge in [-0.05, 0) is 6.42 Å². The molecule has 0 fully saturated rings. The van der Waals surface area contributed by atoms with E-state index in [1.54, 1.807) is 0 Å². The molecule has 0 amide bonds. The van der Waals surface area contributed by atoms with Crippen LogP contribution >= 0.6 is 0 Å². The van der Waals surface area contributed by atoms with Crippen LogP contribution in [-0.2, 0) is 26.7 Å². The van der Waals surface area contributed by atoms with Crippen LogP contribution in [-0.4, -0.2) is 22.2 Å². The molecule has 0 aromatic rings. The molecule has 147 valence electrons. The van der Waals surface area contributed by atoms with Crippen molar-refractivity contribution in [1.82, 2.24) is 0 Å². The van der Waals surface area contributed by atoms with Crippen molar-refractivity contribution in [1.29, 1.82) is 0 Å². The van der Waals surface area contributed by atoms with Crippen molar-refractivity contribution in [3.05, 3.63) is 12.7 Å². The van der Waals surface area contributed by atoms with Gasteiger partial charge in [-0.1, -0.05) is 90.6 Å². The van der Waals surface area contributed by atoms with Gasteiger partial charge in [-0.3, -0.25) is 4.79 Å². The van der Waals surface area contributed by atoms with Gasteiger partial charge in [0, 0.05) is 29.6 Å². The van der Waals surface area contributed by atoms with Crippen molar-refractivity contribution in [3.8, 4) is 0 Å². The van der Waals surface area contributed by atoms with Crippen LogP contribution in [0.25, 0.3) is 0 Å². The van der Waals surface area contributed by atoms with E-state index in [1.807, 2.05) is 0 Å². The molecule has 0 atom stereocenters. The quantitative estimate of drug-likeness (QED) is 0.210. The first-order chi connectivity index (χ1) is 11.0. The number of carbonyl (C=O) groups is 2. The second-order valence-corrected chi connectivity index (χ2v) is 5.93. The van der Waals surface area contributed by atoms with Gasteiger partial charge in [0.1, 0.15) is 0 Å². The van der Waals surface area contributed by atoms with E-state index in [9.17, 15) is 9.59 Å². The van der Waals surface area contributed by atoms with Crippen molar-refractivity contribution >= 4 is 11.9 Å². The van der Waals surface area contributed by atoms with Gasteiger partial charge >= 0.3 is 11.9 Å². The Morgan fingerprint density at radius 3 is 1.29 bits per heavy atom. The maximum absolute atomic E-state index is 10.3. The van der Waals surface area contributed by atoms with Crippen LogP contribution < -0.4 is 0 Å². The summed E-state index contributed by atoms with van der Waals surface area (Å²) in [6.45, 7) is 5.22. The summed E-state index contributed by atoms with van der Waals surface area (Å²) in [5, 5.41) is 16.1. The Morgan fingerprint density at radius 2 is 1.04 bits per heavy atom. The number of rotatable bonds is 15. The van der Waals surface area contributed by atoms with Crippen molar-refractivity contribution in [3.63, 3.8) is 0 Å². The van der Waals surface area contributed by atoms with E-state index in [4.69, 9.17) is 10.2 Å². The zero-order valence-corrected chi connectivity index (χ0v) is 16.1. The van der Waals surface area contributed by atoms with Crippen molar-refractivity contribution in [2.45, 2.75) is 96.8 Å². The van der Waals surface area contributed by atoms with E-state index in [0.29, 0.717) is 6.42 Å². The van der Waals surface area contributed by atoms with Crippen LogP contribution in [0.3, 0.4) is 0 Å². The van der Waals surface area contributed by atoms with E-state index in [-0.39, 0.29) is 17.1 Å². The van der Waals surface area contributed by atoms with Crippen LogP contribution in [0.4, 0.5) is 0 Å². The normalized spacial score (nSPS) is 9.38. The summed E-state index contributed by atoms with van der Waals surface area (Å²) in [6.07, 6.45) is 18.1. The van der Waals surface area contributed by atoms with Gasteiger partial charge in [0.2, 0.25) is 0 Å². The molecule has 0 aliphatic rings. The van der Waals surface area contributed by atoms with Gasteiger partial charge in [-0.2, -0.15) is 0 Å². The molecule has 2 N–H and O–H groups in total. The Morgan fingerprint density at radius 1 is 0.750 bits per heavy atom. The van der Waals surface area contributed by atoms with Gasteiger partial charge in [0.25, 0.3) is 0 Å². The fourth-order valence-electron chi connectivity index (χ4n) is 2.29. The number of aliphatic carboxylic acids is 2. The minimum atomic E-state index is -0.981. The maximum atomic E-state index is 10.3. The molecule has 0 unspecified atom stereocenters. The zero-order chi connectivity index (χ0) is 17.8. The third kappa shape index (κ3) is 33.0. The monoisotopic (exact) mass is 391 g/mol. The minimum absolute atomic E-state index is 0. The first-order valence-electron chi connectivity index (χ1n) is 9.11. The molecule has 0 saturated carbocycles. The average molecular weight is 392 g/mol. The number of carboxylic acids is 2. The summed E-state index contributed by atoms with van der Waals surface area (Å²) < 4.78 is 0. The molecular weight excluding hydrogens is 356 g/mol. The van der Waals surface area contributed by atoms with Crippen LogP contribution in [0.2, 0.25) is 0 Å². The second-order valence-electron chi connectivity index (χ2n) is 5.93. The molecular formula is C19H36CuO4. The van der Waals surface area contributed by atoms with Crippen molar-refractivity contribution in [2.75, 3.05) is 0 Å². The summed E-state index contributed by atoms with van der Waals surface area (Å²) in [6, 6.07) is 0. The smallest absolute Gasteiger partial charge is 0.327 e. The zero-order valence-electron chi connectivity index (χ0n) is 15.2. The molecule has 0 aromatic carbocycles. The molecule has 0 saturated heterocycles. The molecule has 4 nitrogen and oxygen atoms in total. The van der Waals surface area contributed by atoms with E-state index in [0.717, 1.165) is 18.9 Å². The Kier molecular flexibility index (Phi) is 28.5. The van der Waals surface area contributed by atoms with Gasteiger partial charge in [-0.15, -0.1) is 0 Å². The Balaban J connectivity index is -0.000000639. The molecule has 0 bridgehead atoms. The first-order valence-corrected chi connectivity index (χ1v) is 9.11. The predicted octanol–water partition coefficient (Wildman–Crippen LogP) is 5.81. The second kappa shape index (κ2) is 24.5. The largest absolute Gasteiger partial charge is 0.481 e. The van der Waals surface area contributed by atoms with Crippen LogP contribution in [0.15, 0.2) is 12.7 Å². The number of hydrogen-bond donors (Lipinski definition) is 2. The molecule has 0 rings (SSSR count). The minimum Gasteiger partial charge on any atom is -0.481 e. The van der Waals surface area contributed by atoms with Gasteiger partial charge in [-0.25, -0.2) is 4.79 Å². The number of carboxylic acid groups (broad SMARTS) is 2. The van der Waals surface area contributed by atoms with Crippen LogP contribution in [0.5, 0.6) is 0 Å². The van der Waals surface area contributed by atoms with Crippen LogP contribution in [0, 0.1) is 0 Å². The molecule has 0 aromatic heterocycles. The summed E-state index contributed by atoms with van der Waals surface area (Å²) in [7, 11) is 0. The topological polar surface area (TPSA) is 74.6 Å². The average Bonchev–Trinajstić information content (AvgIpc) is 2.52. The molecule has 0 spiro atoms. The number of unbranched alkanes of at least 4 members (excludes halogenated alkanes) is 12. The van der Waals surface area contributed by atoms with Gasteiger partial charge < -0.3 is 10.2 Å². The first kappa shape index (κ1) is 28.0. The van der Waals surface area contributed by atoms with E-state index < -0.39 is 11.9 Å². The fraction of sp³-hybridized carbons (Fsp3) is 0.789. The third-order valence-electron chi connectivity index (χ3n) is 3.67. The van der Waals surface area contributed by atoms with Gasteiger partial charge in [0.05, 0.1) is 0 Å². The summed E-state index contributed by atoms with van der Waals surface area (Å²) in [5.41, 5.74) is 0. The predicted molar refractivity (Wildman–Crippen MR) is 95.8 cm³/mol. The van der Waals surface area contributed by atoms with Crippen molar-refractivity contribution < 1.29 is 36.9 Å². The Hall–Kier alpha value is -0.801. The van der Waals surface area contributed by atoms with E-state index in [1.165, 1.54) is 70.6 Å². The standard InChI is InChI=1S/C16H32O2.C3H4O2.Cu/c1-2-3-4-5-6-7-8-9-10-11-12-13-14-15-16(17)18;1-2-3(4)5;/h2-15H2,1H3,(H,17,18);2H,1H2,(H,4,5);. The molecule has 24 heavy (non-hydrogen) atoms. The van der Waals surface area contributed by atoms with Crippen LogP contribution in [0.1, 0.15) is 96.8 Å². The maximum Gasteiger partial charge on any atom is 0.327 e. The van der Waals surface area contributed by atoms with E-state index >= 15 is 0 Å². The fourth-order valence-corrected chi connectivity index (χ4v) is 2.29. The van der Waals surface area contributed by atoms with Gasteiger partial charge in [0.15, 0.2) is 0 Å². The summed E-state index contributed by atoms with van der Waals surface area (Å²) in [5.74, 6) is -1.64. The molecule has 5 heteroatoms. The Bertz CT molecular complexity index is 293.